The Morgan fingerprint density at radius 1 is 0.857 bits per heavy atom. The zero-order valence-corrected chi connectivity index (χ0v) is 18.1. The number of aliphatic imine (C=N–C) groups is 1. The van der Waals surface area contributed by atoms with Crippen LogP contribution in [0.4, 0.5) is 0 Å². The van der Waals surface area contributed by atoms with Crippen molar-refractivity contribution < 1.29 is 0 Å². The van der Waals surface area contributed by atoms with E-state index in [9.17, 15) is 0 Å². The third-order valence-corrected chi connectivity index (χ3v) is 6.41. The van der Waals surface area contributed by atoms with E-state index in [2.05, 4.69) is 56.3 Å². The maximum atomic E-state index is 5.22. The number of rotatable bonds is 11. The molecule has 0 radical (unpaired) electrons. The van der Waals surface area contributed by atoms with Gasteiger partial charge in [-0.1, -0.05) is 95.2 Å². The fourth-order valence-corrected chi connectivity index (χ4v) is 4.63. The minimum absolute atomic E-state index is 0.392. The molecule has 3 rings (SSSR count). The van der Waals surface area contributed by atoms with Crippen molar-refractivity contribution in [2.24, 2.45) is 10.9 Å². The van der Waals surface area contributed by atoms with E-state index in [4.69, 9.17) is 4.99 Å². The Hall–Kier alpha value is -1.63. The first kappa shape index (κ1) is 21.1. The second-order valence-electron chi connectivity index (χ2n) is 8.69. The van der Waals surface area contributed by atoms with Crippen LogP contribution < -0.4 is 0 Å². The summed E-state index contributed by atoms with van der Waals surface area (Å²) in [6.45, 7) is 4.57. The molecule has 1 aromatic rings. The van der Waals surface area contributed by atoms with Gasteiger partial charge in [-0.25, -0.2) is 0 Å². The quantitative estimate of drug-likeness (QED) is 0.348. The van der Waals surface area contributed by atoms with Gasteiger partial charge in [0.05, 0.1) is 11.8 Å². The minimum Gasteiger partial charge on any atom is -0.276 e. The van der Waals surface area contributed by atoms with Gasteiger partial charge in [-0.15, -0.1) is 0 Å². The van der Waals surface area contributed by atoms with E-state index >= 15 is 0 Å². The molecular weight excluding hydrogens is 338 g/mol. The molecule has 0 spiro atoms. The maximum absolute atomic E-state index is 5.22. The van der Waals surface area contributed by atoms with Gasteiger partial charge in [0, 0.05) is 0 Å². The average Bonchev–Trinajstić information content (AvgIpc) is 2.74. The van der Waals surface area contributed by atoms with Crippen LogP contribution in [-0.4, -0.2) is 11.8 Å². The zero-order chi connectivity index (χ0) is 19.6. The van der Waals surface area contributed by atoms with E-state index in [1.807, 2.05) is 0 Å². The molecule has 0 N–H and O–H groups in total. The van der Waals surface area contributed by atoms with Gasteiger partial charge < -0.3 is 0 Å². The molecular formula is C27H39N. The van der Waals surface area contributed by atoms with Crippen molar-refractivity contribution in [1.82, 2.24) is 0 Å². The summed E-state index contributed by atoms with van der Waals surface area (Å²) in [6, 6.07) is 9.60. The Kier molecular flexibility index (Phi) is 8.58. The van der Waals surface area contributed by atoms with Gasteiger partial charge >= 0.3 is 0 Å². The summed E-state index contributed by atoms with van der Waals surface area (Å²) in [4.78, 5) is 5.22. The van der Waals surface area contributed by atoms with Gasteiger partial charge in [-0.05, 0) is 60.8 Å². The fraction of sp³-hybridized carbons (Fsp3) is 0.593. The number of fused-ring (bicyclic) bond motifs is 1. The monoisotopic (exact) mass is 377 g/mol. The third-order valence-electron chi connectivity index (χ3n) is 6.41. The van der Waals surface area contributed by atoms with Gasteiger partial charge in [0.1, 0.15) is 0 Å². The molecule has 28 heavy (non-hydrogen) atoms. The van der Waals surface area contributed by atoms with Crippen LogP contribution in [0.2, 0.25) is 0 Å². The van der Waals surface area contributed by atoms with E-state index < -0.39 is 0 Å². The standard InChI is InChI=1S/C27H39N/c1-3-5-7-8-10-12-22-16-18-23(19-17-22)26-21-20-25-15-11-14-24(27(25)28-26)13-9-6-4-2/h15-21,24,27H,3-14H2,1-2H3. The number of allylic oxidation sites excluding steroid dienone is 2. The Morgan fingerprint density at radius 3 is 2.39 bits per heavy atom. The lowest BCUT2D eigenvalue weighted by molar-refractivity contribution is 0.375. The summed E-state index contributed by atoms with van der Waals surface area (Å²) in [7, 11) is 0. The molecule has 0 saturated carbocycles. The first-order valence-electron chi connectivity index (χ1n) is 11.9. The van der Waals surface area contributed by atoms with Crippen LogP contribution in [0.15, 0.2) is 53.1 Å². The first-order valence-corrected chi connectivity index (χ1v) is 11.9. The Balaban J connectivity index is 1.60. The number of hydrogen-bond acceptors (Lipinski definition) is 1. The molecule has 1 heterocycles. The minimum atomic E-state index is 0.392. The molecule has 1 aromatic carbocycles. The van der Waals surface area contributed by atoms with Crippen LogP contribution in [-0.2, 0) is 6.42 Å². The van der Waals surface area contributed by atoms with E-state index in [1.54, 1.807) is 0 Å². The molecule has 0 bridgehead atoms. The number of hydrogen-bond donors (Lipinski definition) is 0. The summed E-state index contributed by atoms with van der Waals surface area (Å²) in [6.07, 6.45) is 22.8. The van der Waals surface area contributed by atoms with Gasteiger partial charge in [-0.3, -0.25) is 4.99 Å². The highest BCUT2D eigenvalue weighted by Crippen LogP contribution is 2.34. The molecule has 152 valence electrons. The van der Waals surface area contributed by atoms with E-state index in [0.717, 1.165) is 5.92 Å². The lowest BCUT2D eigenvalue weighted by atomic mass is 9.79. The van der Waals surface area contributed by atoms with Crippen molar-refractivity contribution in [2.45, 2.75) is 96.9 Å². The summed E-state index contributed by atoms with van der Waals surface area (Å²) >= 11 is 0. The molecule has 1 heteroatoms. The summed E-state index contributed by atoms with van der Waals surface area (Å²) in [5.74, 6) is 0.730. The first-order chi connectivity index (χ1) is 13.8. The SMILES string of the molecule is CCCCCCCc1ccc(C2=NC3C(=CCCC3CCCCC)C=C2)cc1. The highest BCUT2D eigenvalue weighted by molar-refractivity contribution is 6.09. The lowest BCUT2D eigenvalue weighted by Gasteiger charge is -2.31. The van der Waals surface area contributed by atoms with Crippen molar-refractivity contribution in [3.8, 4) is 0 Å². The van der Waals surface area contributed by atoms with E-state index in [1.165, 1.54) is 99.5 Å². The van der Waals surface area contributed by atoms with Crippen LogP contribution in [0.1, 0.15) is 95.6 Å². The zero-order valence-electron chi connectivity index (χ0n) is 18.1. The summed E-state index contributed by atoms with van der Waals surface area (Å²) < 4.78 is 0. The number of unbranched alkanes of at least 4 members (excludes halogenated alkanes) is 6. The fourth-order valence-electron chi connectivity index (χ4n) is 4.63. The van der Waals surface area contributed by atoms with Crippen LogP contribution in [0.5, 0.6) is 0 Å². The van der Waals surface area contributed by atoms with Crippen molar-refractivity contribution in [3.05, 3.63) is 59.2 Å². The molecule has 0 amide bonds. The molecule has 1 nitrogen and oxygen atoms in total. The molecule has 2 unspecified atom stereocenters. The number of aryl methyl sites for hydroxylation is 1. The summed E-state index contributed by atoms with van der Waals surface area (Å²) in [5, 5.41) is 0. The molecule has 0 aromatic heterocycles. The normalized spacial score (nSPS) is 21.2. The highest BCUT2D eigenvalue weighted by atomic mass is 14.8. The molecule has 2 aliphatic rings. The summed E-state index contributed by atoms with van der Waals surface area (Å²) in [5.41, 5.74) is 5.39. The number of dihydropyridines is 1. The predicted octanol–water partition coefficient (Wildman–Crippen LogP) is 7.84. The van der Waals surface area contributed by atoms with Crippen LogP contribution in [0.3, 0.4) is 0 Å². The van der Waals surface area contributed by atoms with E-state index in [0.29, 0.717) is 6.04 Å². The Labute approximate surface area is 173 Å². The molecule has 0 fully saturated rings. The van der Waals surface area contributed by atoms with Gasteiger partial charge in [0.25, 0.3) is 0 Å². The Bertz CT molecular complexity index is 677. The lowest BCUT2D eigenvalue weighted by Crippen LogP contribution is -2.27. The number of benzene rings is 1. The average molecular weight is 378 g/mol. The van der Waals surface area contributed by atoms with Crippen molar-refractivity contribution >= 4 is 5.71 Å². The largest absolute Gasteiger partial charge is 0.276 e. The number of nitrogens with zero attached hydrogens (tertiary/aromatic N) is 1. The maximum Gasteiger partial charge on any atom is 0.0781 e. The predicted molar refractivity (Wildman–Crippen MR) is 123 cm³/mol. The van der Waals surface area contributed by atoms with Crippen LogP contribution in [0.25, 0.3) is 0 Å². The van der Waals surface area contributed by atoms with Gasteiger partial charge in [0.15, 0.2) is 0 Å². The smallest absolute Gasteiger partial charge is 0.0781 e. The van der Waals surface area contributed by atoms with Gasteiger partial charge in [-0.2, -0.15) is 0 Å². The molecule has 1 aliphatic carbocycles. The molecule has 2 atom stereocenters. The van der Waals surface area contributed by atoms with Crippen molar-refractivity contribution in [2.75, 3.05) is 0 Å². The van der Waals surface area contributed by atoms with Crippen molar-refractivity contribution in [3.63, 3.8) is 0 Å². The second kappa shape index (κ2) is 11.4. The Morgan fingerprint density at radius 2 is 1.61 bits per heavy atom. The molecule has 0 saturated heterocycles. The third kappa shape index (κ3) is 5.93. The van der Waals surface area contributed by atoms with Gasteiger partial charge in [0.2, 0.25) is 0 Å². The van der Waals surface area contributed by atoms with E-state index in [-0.39, 0.29) is 0 Å². The highest BCUT2D eigenvalue weighted by Gasteiger charge is 2.28. The van der Waals surface area contributed by atoms with Crippen molar-refractivity contribution in [1.29, 1.82) is 0 Å². The second-order valence-corrected chi connectivity index (χ2v) is 8.69. The van der Waals surface area contributed by atoms with Crippen LogP contribution in [0, 0.1) is 5.92 Å². The molecule has 1 aliphatic heterocycles. The topological polar surface area (TPSA) is 12.4 Å². The van der Waals surface area contributed by atoms with Crippen LogP contribution >= 0.6 is 0 Å².